The van der Waals surface area contributed by atoms with Gasteiger partial charge in [-0.2, -0.15) is 0 Å². The minimum absolute atomic E-state index is 0. The van der Waals surface area contributed by atoms with Crippen LogP contribution in [0.15, 0.2) is 30.3 Å². The van der Waals surface area contributed by atoms with Gasteiger partial charge < -0.3 is 25.3 Å². The Morgan fingerprint density at radius 3 is 1.79 bits per heavy atom. The Kier molecular flexibility index (Phi) is 12.7. The van der Waals surface area contributed by atoms with Gasteiger partial charge in [-0.15, -0.1) is 12.2 Å². The van der Waals surface area contributed by atoms with Crippen LogP contribution in [0.3, 0.4) is 0 Å². The molecule has 2 rings (SSSR count). The zero-order valence-electron chi connectivity index (χ0n) is 17.5. The summed E-state index contributed by atoms with van der Waals surface area (Å²) >= 11 is 0. The van der Waals surface area contributed by atoms with Crippen molar-refractivity contribution >= 4 is 5.91 Å². The second-order valence-corrected chi connectivity index (χ2v) is 7.76. The molecular formula is C21H34FeN4O3+2. The van der Waals surface area contributed by atoms with Crippen LogP contribution >= 0.6 is 0 Å². The van der Waals surface area contributed by atoms with E-state index in [1.807, 2.05) is 30.3 Å². The van der Waals surface area contributed by atoms with Crippen molar-refractivity contribution in [3.8, 4) is 0 Å². The van der Waals surface area contributed by atoms with E-state index in [4.69, 9.17) is 0 Å². The van der Waals surface area contributed by atoms with Gasteiger partial charge in [-0.25, -0.2) is 0 Å². The molecule has 0 saturated carbocycles. The van der Waals surface area contributed by atoms with Crippen LogP contribution in [0.25, 0.3) is 0 Å². The van der Waals surface area contributed by atoms with E-state index < -0.39 is 12.2 Å². The summed E-state index contributed by atoms with van der Waals surface area (Å²) in [5.41, 5.74) is 1.08. The molecule has 1 amide bonds. The Labute approximate surface area is 185 Å². The van der Waals surface area contributed by atoms with Crippen LogP contribution in [0.1, 0.15) is 19.4 Å². The number of nitrogens with one attached hydrogen (secondary N) is 1. The van der Waals surface area contributed by atoms with E-state index in [-0.39, 0.29) is 23.0 Å². The second-order valence-electron chi connectivity index (χ2n) is 7.76. The summed E-state index contributed by atoms with van der Waals surface area (Å²) in [7, 11) is 0. The molecular weight excluding hydrogens is 412 g/mol. The Hall–Kier alpha value is -0.991. The van der Waals surface area contributed by atoms with Gasteiger partial charge in [0, 0.05) is 45.8 Å². The molecule has 1 aliphatic rings. The third-order valence-corrected chi connectivity index (χ3v) is 4.93. The number of hydrogen-bond donors (Lipinski definition) is 1. The molecule has 0 spiro atoms. The number of carbonyl (C=O) groups excluding carboxylic acids is 1. The first-order valence-corrected chi connectivity index (χ1v) is 10.2. The molecule has 7 nitrogen and oxygen atoms in total. The van der Waals surface area contributed by atoms with E-state index in [1.54, 1.807) is 13.8 Å². The van der Waals surface area contributed by atoms with E-state index in [9.17, 15) is 15.0 Å². The molecule has 2 atom stereocenters. The third-order valence-electron chi connectivity index (χ3n) is 4.93. The molecule has 0 aliphatic carbocycles. The summed E-state index contributed by atoms with van der Waals surface area (Å²) < 4.78 is 0. The van der Waals surface area contributed by atoms with Crippen molar-refractivity contribution in [1.82, 2.24) is 20.0 Å². The van der Waals surface area contributed by atoms with E-state index >= 15 is 0 Å². The second kappa shape index (κ2) is 14.1. The van der Waals surface area contributed by atoms with Gasteiger partial charge in [-0.3, -0.25) is 9.69 Å². The standard InChI is InChI=1S/C21H34N4O3.Fe/c1-18(26)15-23-8-9-24(16-19(2)27)11-13-25(12-10-23)17-21(28)22-14-20-6-4-3-5-7-20;/h3-7,18-19H,8-17H2,1-2H3,(H,22,28);/q-2;+4/t18-,19-;/m0./s1. The molecule has 0 radical (unpaired) electrons. The number of carbonyl (C=O) groups is 1. The smallest absolute Gasteiger partial charge is 0.851 e. The maximum atomic E-state index is 12.4. The fourth-order valence-electron chi connectivity index (χ4n) is 3.49. The van der Waals surface area contributed by atoms with Gasteiger partial charge in [0.15, 0.2) is 0 Å². The largest absolute Gasteiger partial charge is 4.00 e. The van der Waals surface area contributed by atoms with Crippen LogP contribution < -0.4 is 15.5 Å². The van der Waals surface area contributed by atoms with Gasteiger partial charge in [0.25, 0.3) is 0 Å². The first-order chi connectivity index (χ1) is 13.4. The molecule has 1 N–H and O–H groups in total. The number of hydrogen-bond acceptors (Lipinski definition) is 6. The number of benzene rings is 1. The minimum atomic E-state index is -0.643. The maximum absolute atomic E-state index is 12.4. The van der Waals surface area contributed by atoms with Crippen LogP contribution in [0.4, 0.5) is 0 Å². The molecule has 0 unspecified atom stereocenters. The summed E-state index contributed by atoms with van der Waals surface area (Å²) in [6, 6.07) is 9.85. The molecule has 29 heavy (non-hydrogen) atoms. The Morgan fingerprint density at radius 1 is 0.897 bits per heavy atom. The van der Waals surface area contributed by atoms with Gasteiger partial charge in [-0.1, -0.05) is 44.2 Å². The zero-order chi connectivity index (χ0) is 20.4. The van der Waals surface area contributed by atoms with Crippen LogP contribution in [-0.4, -0.2) is 91.7 Å². The van der Waals surface area contributed by atoms with Crippen LogP contribution in [0.2, 0.25) is 0 Å². The molecule has 1 aromatic rings. The molecule has 0 bridgehead atoms. The average Bonchev–Trinajstić information content (AvgIpc) is 2.73. The SMILES string of the molecule is C[C@H]([O-])CN1CCN(CC(=O)NCc2ccccc2)CCN(C[C@H](C)[O-])CC1.[Fe+4]. The van der Waals surface area contributed by atoms with Crippen LogP contribution in [0, 0.1) is 0 Å². The van der Waals surface area contributed by atoms with Crippen molar-refractivity contribution < 1.29 is 32.1 Å². The maximum Gasteiger partial charge on any atom is 4.00 e. The average molecular weight is 446 g/mol. The van der Waals surface area contributed by atoms with E-state index in [2.05, 4.69) is 20.0 Å². The van der Waals surface area contributed by atoms with Gasteiger partial charge in [0.2, 0.25) is 5.91 Å². The third kappa shape index (κ3) is 11.1. The fraction of sp³-hybridized carbons (Fsp3) is 0.667. The summed E-state index contributed by atoms with van der Waals surface area (Å²) in [6.07, 6.45) is -1.29. The molecule has 162 valence electrons. The minimum Gasteiger partial charge on any atom is -0.851 e. The van der Waals surface area contributed by atoms with Crippen molar-refractivity contribution in [2.45, 2.75) is 32.6 Å². The van der Waals surface area contributed by atoms with Crippen molar-refractivity contribution in [2.75, 3.05) is 58.9 Å². The Bertz CT molecular complexity index is 552. The normalized spacial score (nSPS) is 19.3. The Morgan fingerprint density at radius 2 is 1.34 bits per heavy atom. The quantitative estimate of drug-likeness (QED) is 0.501. The van der Waals surface area contributed by atoms with Gasteiger partial charge in [-0.05, 0) is 18.7 Å². The van der Waals surface area contributed by atoms with E-state index in [1.165, 1.54) is 0 Å². The van der Waals surface area contributed by atoms with Crippen LogP contribution in [-0.2, 0) is 28.4 Å². The number of nitrogens with zero attached hydrogens (tertiary/aromatic N) is 3. The zero-order valence-corrected chi connectivity index (χ0v) is 18.6. The van der Waals surface area contributed by atoms with Crippen LogP contribution in [0.5, 0.6) is 0 Å². The van der Waals surface area contributed by atoms with E-state index in [0.29, 0.717) is 26.2 Å². The molecule has 1 fully saturated rings. The van der Waals surface area contributed by atoms with Gasteiger partial charge in [0.1, 0.15) is 0 Å². The van der Waals surface area contributed by atoms with Gasteiger partial charge in [0.05, 0.1) is 6.54 Å². The summed E-state index contributed by atoms with van der Waals surface area (Å²) in [6.45, 7) is 9.78. The predicted molar refractivity (Wildman–Crippen MR) is 107 cm³/mol. The summed E-state index contributed by atoms with van der Waals surface area (Å²) in [5.74, 6) is -0.00409. The first kappa shape index (κ1) is 26.0. The molecule has 1 aromatic carbocycles. The van der Waals surface area contributed by atoms with Crippen molar-refractivity contribution in [2.24, 2.45) is 0 Å². The van der Waals surface area contributed by atoms with Crippen molar-refractivity contribution in [1.29, 1.82) is 0 Å². The topological polar surface area (TPSA) is 84.9 Å². The van der Waals surface area contributed by atoms with Crippen molar-refractivity contribution in [3.05, 3.63) is 35.9 Å². The predicted octanol–water partition coefficient (Wildman–Crippen LogP) is -1.28. The monoisotopic (exact) mass is 446 g/mol. The Balaban J connectivity index is 0.00000420. The number of rotatable bonds is 8. The molecule has 1 aliphatic heterocycles. The summed E-state index contributed by atoms with van der Waals surface area (Å²) in [4.78, 5) is 18.8. The van der Waals surface area contributed by atoms with Crippen molar-refractivity contribution in [3.63, 3.8) is 0 Å². The van der Waals surface area contributed by atoms with Gasteiger partial charge >= 0.3 is 17.1 Å². The van der Waals surface area contributed by atoms with E-state index in [0.717, 1.165) is 44.8 Å². The first-order valence-electron chi connectivity index (χ1n) is 10.2. The summed E-state index contributed by atoms with van der Waals surface area (Å²) in [5, 5.41) is 26.2. The molecule has 0 aromatic heterocycles. The fourth-order valence-corrected chi connectivity index (χ4v) is 3.49. The molecule has 1 saturated heterocycles. The number of amides is 1. The molecule has 1 heterocycles. The molecule has 8 heteroatoms.